The Morgan fingerprint density at radius 1 is 0.409 bits per heavy atom. The molecule has 0 rings (SSSR count). The Kier molecular flexibility index (Phi) is 64.9. The zero-order valence-corrected chi connectivity index (χ0v) is 59.6. The molecule has 0 heterocycles. The van der Waals surface area contributed by atoms with Gasteiger partial charge in [0.15, 0.2) is 0 Å². The summed E-state index contributed by atoms with van der Waals surface area (Å²) >= 11 is 0. The summed E-state index contributed by atoms with van der Waals surface area (Å²) in [4.78, 5) is 40.3. The van der Waals surface area contributed by atoms with E-state index in [4.69, 9.17) is 13.8 Å². The van der Waals surface area contributed by atoms with Gasteiger partial charge in [-0.3, -0.25) is 14.2 Å². The van der Waals surface area contributed by atoms with Gasteiger partial charge in [0.05, 0.1) is 33.8 Å². The molecule has 88 heavy (non-hydrogen) atoms. The number of nitrogens with one attached hydrogen (secondary N) is 1. The van der Waals surface area contributed by atoms with Crippen molar-refractivity contribution in [2.24, 2.45) is 0 Å². The molecule has 3 atom stereocenters. The molecule has 1 amide bonds. The predicted octanol–water partition coefficient (Wildman–Crippen LogP) is 23.4. The lowest BCUT2D eigenvalue weighted by Crippen LogP contribution is -2.47. The van der Waals surface area contributed by atoms with Crippen LogP contribution in [-0.4, -0.2) is 69.4 Å². The van der Waals surface area contributed by atoms with Crippen molar-refractivity contribution in [2.45, 2.75) is 360 Å². The number of nitrogens with zero attached hydrogens (tertiary/aromatic N) is 1. The van der Waals surface area contributed by atoms with Gasteiger partial charge in [0.25, 0.3) is 7.82 Å². The second-order valence-electron chi connectivity index (χ2n) is 26.4. The van der Waals surface area contributed by atoms with E-state index in [2.05, 4.69) is 99.0 Å². The zero-order valence-electron chi connectivity index (χ0n) is 58.7. The minimum absolute atomic E-state index is 0.0243. The molecule has 3 unspecified atom stereocenters. The quantitative estimate of drug-likeness (QED) is 0.0212. The molecule has 0 aromatic heterocycles. The Labute approximate surface area is 546 Å². The minimum Gasteiger partial charge on any atom is -0.756 e. The Morgan fingerprint density at radius 3 is 1.10 bits per heavy atom. The fourth-order valence-corrected chi connectivity index (χ4v) is 11.6. The Balaban J connectivity index is 5.00. The lowest BCUT2D eigenvalue weighted by atomic mass is 10.0. The average Bonchev–Trinajstić information content (AvgIpc) is 3.66. The molecule has 0 saturated carbocycles. The number of ether oxygens (including phenoxy) is 1. The van der Waals surface area contributed by atoms with Crippen LogP contribution >= 0.6 is 7.82 Å². The van der Waals surface area contributed by atoms with Crippen LogP contribution in [0.1, 0.15) is 348 Å². The molecule has 0 aliphatic rings. The number of allylic oxidation sites excluding steroid dienone is 13. The molecule has 0 aliphatic carbocycles. The fourth-order valence-electron chi connectivity index (χ4n) is 10.8. The standard InChI is InChI=1S/C78H143N2O7P/c1-7-10-13-16-19-22-25-28-30-32-34-36-38-39-40-41-43-44-46-48-50-52-55-58-61-64-67-70-77(81)79-75(74-86-88(83,84)85-73-72-80(4,5)6)76(69-66-63-60-57-54-27-24-21-18-15-12-9-3)87-78(82)71-68-65-62-59-56-53-51-49-47-45-42-37-35-33-31-29-26-23-20-17-14-11-8-2/h10,13,19,22,28-31,34,36,39-40,66,69,75-76H,7-9,11-12,14-18,20-21,23-27,32-33,35,37-38,41-65,67-68,70-74H2,1-6H3,(H-,79,81,83,84)/b13-10-,22-19-,30-28-,31-29+,36-34-,40-39-,69-66-. The molecule has 0 bridgehead atoms. The van der Waals surface area contributed by atoms with E-state index >= 15 is 0 Å². The molecule has 0 spiro atoms. The van der Waals surface area contributed by atoms with Gasteiger partial charge in [0, 0.05) is 12.8 Å². The zero-order chi connectivity index (χ0) is 64.2. The van der Waals surface area contributed by atoms with Crippen LogP contribution in [0, 0.1) is 0 Å². The first kappa shape index (κ1) is 85.2. The smallest absolute Gasteiger partial charge is 0.306 e. The van der Waals surface area contributed by atoms with E-state index in [0.29, 0.717) is 17.4 Å². The number of quaternary nitrogens is 1. The number of rotatable bonds is 68. The van der Waals surface area contributed by atoms with E-state index in [0.717, 1.165) is 103 Å². The Bertz CT molecular complexity index is 1780. The molecule has 0 saturated heterocycles. The van der Waals surface area contributed by atoms with Crippen molar-refractivity contribution < 1.29 is 37.3 Å². The number of likely N-dealkylation sites (N-methyl/N-ethyl adjacent to an activating group) is 1. The summed E-state index contributed by atoms with van der Waals surface area (Å²) < 4.78 is 30.5. The molecule has 512 valence electrons. The third-order valence-electron chi connectivity index (χ3n) is 16.6. The van der Waals surface area contributed by atoms with E-state index in [-0.39, 0.29) is 31.5 Å². The molecule has 0 fully saturated rings. The summed E-state index contributed by atoms with van der Waals surface area (Å²) in [7, 11) is 1.19. The first-order chi connectivity index (χ1) is 42.9. The molecular weight excluding hydrogens is 1110 g/mol. The normalized spacial score (nSPS) is 13.9. The van der Waals surface area contributed by atoms with E-state index in [1.807, 2.05) is 33.3 Å². The largest absolute Gasteiger partial charge is 0.756 e. The van der Waals surface area contributed by atoms with E-state index in [1.54, 1.807) is 0 Å². The third-order valence-corrected chi connectivity index (χ3v) is 17.5. The highest BCUT2D eigenvalue weighted by Crippen LogP contribution is 2.38. The van der Waals surface area contributed by atoms with Gasteiger partial charge >= 0.3 is 5.97 Å². The van der Waals surface area contributed by atoms with Gasteiger partial charge in [-0.05, 0) is 102 Å². The maximum absolute atomic E-state index is 13.6. The Morgan fingerprint density at radius 2 is 0.727 bits per heavy atom. The summed E-state index contributed by atoms with van der Waals surface area (Å²) in [6, 6.07) is -0.894. The van der Waals surface area contributed by atoms with Crippen molar-refractivity contribution in [1.82, 2.24) is 5.32 Å². The van der Waals surface area contributed by atoms with Crippen LogP contribution in [0.15, 0.2) is 85.1 Å². The number of hydrogen-bond donors (Lipinski definition) is 1. The van der Waals surface area contributed by atoms with Crippen molar-refractivity contribution in [3.8, 4) is 0 Å². The van der Waals surface area contributed by atoms with E-state index in [9.17, 15) is 19.0 Å². The average molecular weight is 1250 g/mol. The molecule has 0 radical (unpaired) electrons. The van der Waals surface area contributed by atoms with Crippen molar-refractivity contribution in [2.75, 3.05) is 40.9 Å². The number of esters is 1. The summed E-state index contributed by atoms with van der Waals surface area (Å²) in [5.41, 5.74) is 0. The number of hydrogen-bond acceptors (Lipinski definition) is 7. The topological polar surface area (TPSA) is 114 Å². The van der Waals surface area contributed by atoms with Gasteiger partial charge in [-0.25, -0.2) is 0 Å². The first-order valence-electron chi connectivity index (χ1n) is 37.4. The molecule has 0 aromatic rings. The van der Waals surface area contributed by atoms with Crippen molar-refractivity contribution >= 4 is 19.7 Å². The van der Waals surface area contributed by atoms with Gasteiger partial charge in [-0.1, -0.05) is 318 Å². The highest BCUT2D eigenvalue weighted by atomic mass is 31.2. The summed E-state index contributed by atoms with van der Waals surface area (Å²) in [5, 5.41) is 3.05. The van der Waals surface area contributed by atoms with Gasteiger partial charge in [-0.2, -0.15) is 0 Å². The van der Waals surface area contributed by atoms with E-state index in [1.165, 1.54) is 212 Å². The highest BCUT2D eigenvalue weighted by molar-refractivity contribution is 7.45. The van der Waals surface area contributed by atoms with Gasteiger partial charge in [0.1, 0.15) is 19.3 Å². The maximum Gasteiger partial charge on any atom is 0.306 e. The lowest BCUT2D eigenvalue weighted by Gasteiger charge is -2.30. The molecular formula is C78H143N2O7P. The summed E-state index contributed by atoms with van der Waals surface area (Å²) in [6.07, 6.45) is 90.0. The van der Waals surface area contributed by atoms with Crippen LogP contribution in [0.2, 0.25) is 0 Å². The van der Waals surface area contributed by atoms with Crippen LogP contribution < -0.4 is 10.2 Å². The number of amides is 1. The van der Waals surface area contributed by atoms with Crippen molar-refractivity contribution in [1.29, 1.82) is 0 Å². The maximum atomic E-state index is 13.6. The monoisotopic (exact) mass is 1250 g/mol. The SMILES string of the molecule is CC/C=C\C/C=C\C/C=C\C/C=C\C/C=C\CCCCCCCCCCCCCC(=O)NC(COP(=O)([O-])OCC[N+](C)(C)C)C(/C=C\CCCCCCCCCCCC)OC(=O)CCCCCCCCCCCCCCC/C=C/CCCCCCCC. The number of phosphoric ester groups is 1. The molecule has 9 nitrogen and oxygen atoms in total. The summed E-state index contributed by atoms with van der Waals surface area (Å²) in [5.74, 6) is -0.534. The van der Waals surface area contributed by atoms with Gasteiger partial charge in [-0.15, -0.1) is 0 Å². The van der Waals surface area contributed by atoms with Crippen LogP contribution in [0.3, 0.4) is 0 Å². The van der Waals surface area contributed by atoms with Crippen LogP contribution in [0.4, 0.5) is 0 Å². The second kappa shape index (κ2) is 67.1. The van der Waals surface area contributed by atoms with Crippen molar-refractivity contribution in [3.63, 3.8) is 0 Å². The highest BCUT2D eigenvalue weighted by Gasteiger charge is 2.27. The number of phosphoric acid groups is 1. The number of carbonyl (C=O) groups is 2. The Hall–Kier alpha value is -2.81. The first-order valence-corrected chi connectivity index (χ1v) is 38.9. The lowest BCUT2D eigenvalue weighted by molar-refractivity contribution is -0.870. The van der Waals surface area contributed by atoms with Gasteiger partial charge < -0.3 is 28.5 Å². The molecule has 0 aromatic carbocycles. The van der Waals surface area contributed by atoms with E-state index < -0.39 is 20.0 Å². The number of unbranched alkanes of at least 4 members (excludes halogenated alkanes) is 40. The molecule has 1 N–H and O–H groups in total. The molecule has 10 heteroatoms. The van der Waals surface area contributed by atoms with Crippen LogP contribution in [0.5, 0.6) is 0 Å². The second-order valence-corrected chi connectivity index (χ2v) is 27.8. The van der Waals surface area contributed by atoms with Crippen molar-refractivity contribution in [3.05, 3.63) is 85.1 Å². The third kappa shape index (κ3) is 67.6. The molecule has 0 aliphatic heterocycles. The van der Waals surface area contributed by atoms with Crippen LogP contribution in [-0.2, 0) is 27.9 Å². The predicted molar refractivity (Wildman–Crippen MR) is 381 cm³/mol. The minimum atomic E-state index is -4.71. The van der Waals surface area contributed by atoms with Gasteiger partial charge in [0.2, 0.25) is 5.91 Å². The summed E-state index contributed by atoms with van der Waals surface area (Å²) in [6.45, 7) is 6.76. The fraction of sp³-hybridized carbons (Fsp3) is 0.795. The number of carbonyl (C=O) groups excluding carboxylic acids is 2. The van der Waals surface area contributed by atoms with Crippen LogP contribution in [0.25, 0.3) is 0 Å².